The third-order valence-corrected chi connectivity index (χ3v) is 6.10. The Bertz CT molecular complexity index is 959. The van der Waals surface area contributed by atoms with Crippen LogP contribution in [0.3, 0.4) is 0 Å². The van der Waals surface area contributed by atoms with Crippen molar-refractivity contribution in [1.82, 2.24) is 14.2 Å². The van der Waals surface area contributed by atoms with Crippen LogP contribution >= 0.6 is 0 Å². The number of carbonyl (C=O) groups is 2. The van der Waals surface area contributed by atoms with Gasteiger partial charge in [-0.2, -0.15) is 0 Å². The minimum absolute atomic E-state index is 0.0580. The zero-order valence-corrected chi connectivity index (χ0v) is 16.2. The summed E-state index contributed by atoms with van der Waals surface area (Å²) in [6.45, 7) is 0.884. The summed E-state index contributed by atoms with van der Waals surface area (Å²) in [6, 6.07) is 7.28. The van der Waals surface area contributed by atoms with Crippen LogP contribution in [-0.4, -0.2) is 61.7 Å². The number of esters is 1. The number of methoxy groups -OCH3 is 1. The minimum atomic E-state index is -3.19. The lowest BCUT2D eigenvalue weighted by Crippen LogP contribution is -2.46. The third-order valence-electron chi connectivity index (χ3n) is 4.80. The molecule has 1 amide bonds. The Labute approximate surface area is 158 Å². The number of fused-ring (bicyclic) bond motifs is 1. The highest BCUT2D eigenvalue weighted by Crippen LogP contribution is 2.22. The number of benzene rings is 1. The van der Waals surface area contributed by atoms with Gasteiger partial charge in [-0.05, 0) is 18.9 Å². The first-order chi connectivity index (χ1) is 12.8. The highest BCUT2D eigenvalue weighted by atomic mass is 32.2. The third kappa shape index (κ3) is 4.30. The van der Waals surface area contributed by atoms with Gasteiger partial charge in [-0.15, -0.1) is 0 Å². The van der Waals surface area contributed by atoms with Crippen molar-refractivity contribution >= 4 is 32.8 Å². The van der Waals surface area contributed by atoms with Gasteiger partial charge in [-0.25, -0.2) is 17.5 Å². The van der Waals surface area contributed by atoms with E-state index in [1.165, 1.54) is 17.7 Å². The Kier molecular flexibility index (Phi) is 5.52. The maximum absolute atomic E-state index is 12.5. The molecule has 1 aromatic carbocycles. The maximum Gasteiger partial charge on any atom is 0.340 e. The zero-order chi connectivity index (χ0) is 19.6. The molecule has 0 atom stereocenters. The molecule has 0 spiro atoms. The molecule has 1 N–H and O–H groups in total. The standard InChI is InChI=1S/C18H23N3O5S/c1-26-18(23)15-11-20(16-6-4-3-5-14(15)16)12-17(22)19-13-7-9-21(10-8-13)27(2,24)25/h3-6,11,13H,7-10,12H2,1-2H3,(H,19,22). The number of sulfonamides is 1. The van der Waals surface area contributed by atoms with Gasteiger partial charge in [0, 0.05) is 36.2 Å². The van der Waals surface area contributed by atoms with Gasteiger partial charge in [0.15, 0.2) is 0 Å². The number of ether oxygens (including phenoxy) is 1. The summed E-state index contributed by atoms with van der Waals surface area (Å²) in [5, 5.41) is 3.69. The van der Waals surface area contributed by atoms with E-state index in [0.29, 0.717) is 31.5 Å². The summed E-state index contributed by atoms with van der Waals surface area (Å²) in [4.78, 5) is 24.4. The molecule has 1 fully saturated rings. The van der Waals surface area contributed by atoms with E-state index in [1.54, 1.807) is 10.8 Å². The normalized spacial score (nSPS) is 16.4. The Balaban J connectivity index is 1.68. The van der Waals surface area contributed by atoms with Gasteiger partial charge in [-0.1, -0.05) is 18.2 Å². The number of piperidine rings is 1. The molecule has 1 aromatic heterocycles. The monoisotopic (exact) mass is 393 g/mol. The first-order valence-electron chi connectivity index (χ1n) is 8.70. The van der Waals surface area contributed by atoms with Crippen LogP contribution in [0.4, 0.5) is 0 Å². The molecule has 0 unspecified atom stereocenters. The Hall–Kier alpha value is -2.39. The molecule has 0 radical (unpaired) electrons. The van der Waals surface area contributed by atoms with Gasteiger partial charge in [0.25, 0.3) is 0 Å². The largest absolute Gasteiger partial charge is 0.465 e. The quantitative estimate of drug-likeness (QED) is 0.764. The summed E-state index contributed by atoms with van der Waals surface area (Å²) in [5.41, 5.74) is 1.20. The molecule has 0 bridgehead atoms. The van der Waals surface area contributed by atoms with Crippen molar-refractivity contribution in [3.05, 3.63) is 36.0 Å². The fourth-order valence-electron chi connectivity index (χ4n) is 3.41. The minimum Gasteiger partial charge on any atom is -0.465 e. The first-order valence-corrected chi connectivity index (χ1v) is 10.5. The van der Waals surface area contributed by atoms with Crippen LogP contribution < -0.4 is 5.32 Å². The van der Waals surface area contributed by atoms with Gasteiger partial charge in [-0.3, -0.25) is 4.79 Å². The smallest absolute Gasteiger partial charge is 0.340 e. The molecule has 3 rings (SSSR count). The lowest BCUT2D eigenvalue weighted by molar-refractivity contribution is -0.122. The fraction of sp³-hybridized carbons (Fsp3) is 0.444. The van der Waals surface area contributed by atoms with E-state index in [2.05, 4.69) is 5.32 Å². The van der Waals surface area contributed by atoms with E-state index < -0.39 is 16.0 Å². The van der Waals surface area contributed by atoms with Crippen LogP contribution in [0.1, 0.15) is 23.2 Å². The van der Waals surface area contributed by atoms with Crippen molar-refractivity contribution in [1.29, 1.82) is 0 Å². The second-order valence-electron chi connectivity index (χ2n) is 6.68. The number of carbonyl (C=O) groups excluding carboxylic acids is 2. The van der Waals surface area contributed by atoms with E-state index in [-0.39, 0.29) is 18.5 Å². The second-order valence-corrected chi connectivity index (χ2v) is 8.67. The molecule has 8 nitrogen and oxygen atoms in total. The maximum atomic E-state index is 12.5. The van der Waals surface area contributed by atoms with Crippen molar-refractivity contribution in [3.8, 4) is 0 Å². The topological polar surface area (TPSA) is 97.7 Å². The molecule has 1 aliphatic heterocycles. The molecule has 0 aliphatic carbocycles. The lowest BCUT2D eigenvalue weighted by atomic mass is 10.1. The van der Waals surface area contributed by atoms with Crippen molar-refractivity contribution < 1.29 is 22.7 Å². The number of rotatable bonds is 5. The Morgan fingerprint density at radius 2 is 1.89 bits per heavy atom. The van der Waals surface area contributed by atoms with Crippen molar-refractivity contribution in [2.75, 3.05) is 26.5 Å². The molecule has 1 aliphatic rings. The van der Waals surface area contributed by atoms with Crippen LogP contribution in [0.2, 0.25) is 0 Å². The molecule has 1 saturated heterocycles. The number of para-hydroxylation sites is 1. The van der Waals surface area contributed by atoms with E-state index in [4.69, 9.17) is 4.74 Å². The molecular formula is C18H23N3O5S. The number of hydrogen-bond acceptors (Lipinski definition) is 5. The van der Waals surface area contributed by atoms with E-state index >= 15 is 0 Å². The van der Waals surface area contributed by atoms with Crippen molar-refractivity contribution in [3.63, 3.8) is 0 Å². The van der Waals surface area contributed by atoms with Crippen LogP contribution in [0.15, 0.2) is 30.5 Å². The number of nitrogens with zero attached hydrogens (tertiary/aromatic N) is 2. The number of amides is 1. The van der Waals surface area contributed by atoms with E-state index in [9.17, 15) is 18.0 Å². The molecule has 2 aromatic rings. The van der Waals surface area contributed by atoms with Crippen LogP contribution in [0.25, 0.3) is 10.9 Å². The van der Waals surface area contributed by atoms with Gasteiger partial charge in [0.1, 0.15) is 6.54 Å². The fourth-order valence-corrected chi connectivity index (χ4v) is 4.28. The first kappa shape index (κ1) is 19.4. The molecule has 27 heavy (non-hydrogen) atoms. The summed E-state index contributed by atoms with van der Waals surface area (Å²) >= 11 is 0. The van der Waals surface area contributed by atoms with Gasteiger partial charge in [0.05, 0.1) is 18.9 Å². The van der Waals surface area contributed by atoms with Crippen molar-refractivity contribution in [2.45, 2.75) is 25.4 Å². The summed E-state index contributed by atoms with van der Waals surface area (Å²) in [5.74, 6) is -0.622. The van der Waals surface area contributed by atoms with Gasteiger partial charge >= 0.3 is 5.97 Å². The molecule has 0 saturated carbocycles. The summed E-state index contributed by atoms with van der Waals surface area (Å²) < 4.78 is 31.1. The van der Waals surface area contributed by atoms with E-state index in [0.717, 1.165) is 10.9 Å². The van der Waals surface area contributed by atoms with Gasteiger partial charge < -0.3 is 14.6 Å². The van der Waals surface area contributed by atoms with Crippen LogP contribution in [0.5, 0.6) is 0 Å². The highest BCUT2D eigenvalue weighted by molar-refractivity contribution is 7.88. The molecule has 9 heteroatoms. The van der Waals surface area contributed by atoms with E-state index in [1.807, 2.05) is 24.3 Å². The second kappa shape index (κ2) is 7.69. The number of hydrogen-bond donors (Lipinski definition) is 1. The average Bonchev–Trinajstić information content (AvgIpc) is 2.99. The summed E-state index contributed by atoms with van der Waals surface area (Å²) in [7, 11) is -1.86. The van der Waals surface area contributed by atoms with Crippen molar-refractivity contribution in [2.24, 2.45) is 0 Å². The Morgan fingerprint density at radius 1 is 1.22 bits per heavy atom. The molecular weight excluding hydrogens is 370 g/mol. The SMILES string of the molecule is COC(=O)c1cn(CC(=O)NC2CCN(S(C)(=O)=O)CC2)c2ccccc12. The van der Waals surface area contributed by atoms with Gasteiger partial charge in [0.2, 0.25) is 15.9 Å². The highest BCUT2D eigenvalue weighted by Gasteiger charge is 2.26. The lowest BCUT2D eigenvalue weighted by Gasteiger charge is -2.30. The van der Waals surface area contributed by atoms with Crippen LogP contribution in [0, 0.1) is 0 Å². The molecule has 146 valence electrons. The Morgan fingerprint density at radius 3 is 2.52 bits per heavy atom. The summed E-state index contributed by atoms with van der Waals surface area (Å²) in [6.07, 6.45) is 3.99. The molecule has 2 heterocycles. The predicted octanol–water partition coefficient (Wildman–Crippen LogP) is 0.968. The number of nitrogens with one attached hydrogen (secondary N) is 1. The number of aromatic nitrogens is 1. The average molecular weight is 393 g/mol. The predicted molar refractivity (Wildman–Crippen MR) is 101 cm³/mol. The van der Waals surface area contributed by atoms with Crippen LogP contribution in [-0.2, 0) is 26.1 Å². The zero-order valence-electron chi connectivity index (χ0n) is 15.3.